The van der Waals surface area contributed by atoms with Crippen molar-refractivity contribution < 1.29 is 23.9 Å². The molecule has 0 aromatic rings. The molecule has 9 nitrogen and oxygen atoms in total. The Morgan fingerprint density at radius 3 is 1.66 bits per heavy atom. The second kappa shape index (κ2) is 12.3. The number of nitrogens with zero attached hydrogens (tertiary/aromatic N) is 4. The van der Waals surface area contributed by atoms with Gasteiger partial charge in [-0.1, -0.05) is 12.7 Å². The highest BCUT2D eigenvalue weighted by Gasteiger charge is 2.29. The number of fused-ring (bicyclic) bond motifs is 4. The molecule has 5 rings (SSSR count). The number of aliphatic imine (C=N–C) groups is 4. The molecular formula is C35H34N4O5. The van der Waals surface area contributed by atoms with Crippen LogP contribution in [-0.2, 0) is 23.9 Å². The zero-order chi connectivity index (χ0) is 31.7. The predicted molar refractivity (Wildman–Crippen MR) is 172 cm³/mol. The van der Waals surface area contributed by atoms with Gasteiger partial charge in [0.25, 0.3) is 0 Å². The van der Waals surface area contributed by atoms with Crippen molar-refractivity contribution in [3.63, 3.8) is 0 Å². The number of aldehydes is 1. The average molecular weight is 591 g/mol. The van der Waals surface area contributed by atoms with E-state index in [4.69, 9.17) is 29.4 Å². The molecule has 9 heteroatoms. The number of hydrogen-bond acceptors (Lipinski definition) is 9. The zero-order valence-corrected chi connectivity index (χ0v) is 25.8. The molecule has 0 spiro atoms. The first-order chi connectivity index (χ1) is 21.1. The van der Waals surface area contributed by atoms with E-state index in [2.05, 4.69) is 6.58 Å². The summed E-state index contributed by atoms with van der Waals surface area (Å²) in [6, 6.07) is 0. The lowest BCUT2D eigenvalue weighted by Gasteiger charge is -2.08. The van der Waals surface area contributed by atoms with Crippen LogP contribution >= 0.6 is 0 Å². The van der Waals surface area contributed by atoms with Gasteiger partial charge in [-0.3, -0.25) is 14.4 Å². The molecule has 0 aromatic carbocycles. The van der Waals surface area contributed by atoms with Gasteiger partial charge in [0.2, 0.25) is 0 Å². The molecule has 44 heavy (non-hydrogen) atoms. The van der Waals surface area contributed by atoms with Crippen LogP contribution in [0.25, 0.3) is 0 Å². The number of carbonyl (C=O) groups is 3. The second-order valence-corrected chi connectivity index (χ2v) is 10.9. The van der Waals surface area contributed by atoms with Crippen molar-refractivity contribution in [3.05, 3.63) is 104 Å². The average Bonchev–Trinajstić information content (AvgIpc) is 3.67. The van der Waals surface area contributed by atoms with Crippen molar-refractivity contribution in [1.82, 2.24) is 0 Å². The SMILES string of the molecule is C=CC1=C(C)C2=NC1=CC1=NC(=CC3=NC(=CC4=NC(=C2)C(C=O)=C4C)C(C)=C3CCC(=O)OC)C(CCC(=O)OC)=C1C. The molecule has 8 bridgehead atoms. The summed E-state index contributed by atoms with van der Waals surface area (Å²) in [6.45, 7) is 11.8. The van der Waals surface area contributed by atoms with Crippen LogP contribution in [0.5, 0.6) is 0 Å². The Hall–Kier alpha value is -5.05. The second-order valence-electron chi connectivity index (χ2n) is 10.9. The van der Waals surface area contributed by atoms with Crippen LogP contribution in [0.3, 0.4) is 0 Å². The first-order valence-corrected chi connectivity index (χ1v) is 14.4. The van der Waals surface area contributed by atoms with Gasteiger partial charge in [-0.15, -0.1) is 0 Å². The molecule has 0 amide bonds. The Morgan fingerprint density at radius 1 is 0.636 bits per heavy atom. The lowest BCUT2D eigenvalue weighted by atomic mass is 9.96. The molecule has 0 N–H and O–H groups in total. The Morgan fingerprint density at radius 2 is 1.09 bits per heavy atom. The van der Waals surface area contributed by atoms with Crippen LogP contribution < -0.4 is 0 Å². The summed E-state index contributed by atoms with van der Waals surface area (Å²) in [5.41, 5.74) is 11.8. The van der Waals surface area contributed by atoms with Gasteiger partial charge in [0.1, 0.15) is 0 Å². The third-order valence-corrected chi connectivity index (χ3v) is 8.41. The standard InChI is InChI=1S/C35H34N4O5/c1-8-22-18(2)28-15-33-25(17-40)21(5)27(39-33)13-26-19(3)23(9-11-34(41)43-6)31(37-26)16-32-24(10-12-35(42)44-7)20(4)29(38-32)14-30(22)36-28/h8,13-17H,1,9-12H2,2-7H3. The molecule has 0 aromatic heterocycles. The van der Waals surface area contributed by atoms with Gasteiger partial charge in [-0.2, -0.15) is 0 Å². The molecule has 5 aliphatic rings. The molecule has 0 unspecified atom stereocenters. The molecular weight excluding hydrogens is 556 g/mol. The number of hydrogen-bond donors (Lipinski definition) is 0. The summed E-state index contributed by atoms with van der Waals surface area (Å²) in [7, 11) is 2.74. The molecule has 5 heterocycles. The molecule has 0 aliphatic carbocycles. The minimum atomic E-state index is -0.322. The highest BCUT2D eigenvalue weighted by Crippen LogP contribution is 2.37. The van der Waals surface area contributed by atoms with E-state index < -0.39 is 0 Å². The first-order valence-electron chi connectivity index (χ1n) is 14.4. The monoisotopic (exact) mass is 590 g/mol. The number of methoxy groups -OCH3 is 2. The highest BCUT2D eigenvalue weighted by atomic mass is 16.5. The molecule has 0 saturated heterocycles. The summed E-state index contributed by atoms with van der Waals surface area (Å²) < 4.78 is 9.82. The van der Waals surface area contributed by atoms with E-state index in [-0.39, 0.29) is 24.8 Å². The normalized spacial score (nSPS) is 19.2. The smallest absolute Gasteiger partial charge is 0.305 e. The minimum Gasteiger partial charge on any atom is -0.469 e. The number of allylic oxidation sites excluding steroid dienone is 12. The highest BCUT2D eigenvalue weighted by molar-refractivity contribution is 6.21. The van der Waals surface area contributed by atoms with Gasteiger partial charge in [-0.05, 0) is 98.3 Å². The van der Waals surface area contributed by atoms with Crippen LogP contribution in [0.2, 0.25) is 0 Å². The summed E-state index contributed by atoms with van der Waals surface area (Å²) in [6.07, 6.45) is 11.3. The largest absolute Gasteiger partial charge is 0.469 e. The molecule has 0 saturated carbocycles. The third-order valence-electron chi connectivity index (χ3n) is 8.41. The van der Waals surface area contributed by atoms with E-state index in [1.807, 2.05) is 52.0 Å². The molecule has 224 valence electrons. The van der Waals surface area contributed by atoms with Crippen molar-refractivity contribution in [2.75, 3.05) is 14.2 Å². The first kappa shape index (κ1) is 30.4. The Balaban J connectivity index is 1.76. The summed E-state index contributed by atoms with van der Waals surface area (Å²) in [5.74, 6) is -0.634. The van der Waals surface area contributed by atoms with Gasteiger partial charge < -0.3 is 9.47 Å². The number of ether oxygens (including phenoxy) is 2. The molecule has 0 radical (unpaired) electrons. The van der Waals surface area contributed by atoms with Gasteiger partial charge in [0, 0.05) is 24.0 Å². The van der Waals surface area contributed by atoms with E-state index in [0.29, 0.717) is 64.0 Å². The van der Waals surface area contributed by atoms with Gasteiger partial charge in [-0.25, -0.2) is 20.0 Å². The maximum atomic E-state index is 12.2. The van der Waals surface area contributed by atoms with Gasteiger partial charge in [0.05, 0.1) is 59.9 Å². The van der Waals surface area contributed by atoms with Crippen molar-refractivity contribution in [2.24, 2.45) is 20.0 Å². The number of carbonyl (C=O) groups excluding carboxylic acids is 3. The lowest BCUT2D eigenvalue weighted by molar-refractivity contribution is -0.141. The minimum absolute atomic E-state index is 0.182. The quantitative estimate of drug-likeness (QED) is 0.257. The Kier molecular flexibility index (Phi) is 8.49. The number of esters is 2. The predicted octanol–water partition coefficient (Wildman–Crippen LogP) is 5.91. The van der Waals surface area contributed by atoms with Crippen LogP contribution in [0.1, 0.15) is 53.4 Å². The van der Waals surface area contributed by atoms with Crippen LogP contribution in [-0.4, -0.2) is 55.3 Å². The van der Waals surface area contributed by atoms with E-state index >= 15 is 0 Å². The molecule has 5 aliphatic heterocycles. The fourth-order valence-corrected chi connectivity index (χ4v) is 5.70. The fourth-order valence-electron chi connectivity index (χ4n) is 5.70. The summed E-state index contributed by atoms with van der Waals surface area (Å²) in [4.78, 5) is 56.2. The van der Waals surface area contributed by atoms with Crippen LogP contribution in [0.4, 0.5) is 0 Å². The van der Waals surface area contributed by atoms with Crippen LogP contribution in [0, 0.1) is 0 Å². The summed E-state index contributed by atoms with van der Waals surface area (Å²) >= 11 is 0. The Bertz CT molecular complexity index is 1810. The zero-order valence-electron chi connectivity index (χ0n) is 25.8. The molecule has 0 fully saturated rings. The van der Waals surface area contributed by atoms with Gasteiger partial charge >= 0.3 is 11.9 Å². The topological polar surface area (TPSA) is 119 Å². The van der Waals surface area contributed by atoms with E-state index in [1.54, 1.807) is 6.08 Å². The van der Waals surface area contributed by atoms with Crippen molar-refractivity contribution in [3.8, 4) is 0 Å². The lowest BCUT2D eigenvalue weighted by Crippen LogP contribution is -2.05. The van der Waals surface area contributed by atoms with Gasteiger partial charge in [0.15, 0.2) is 6.29 Å². The van der Waals surface area contributed by atoms with Crippen molar-refractivity contribution >= 4 is 41.1 Å². The van der Waals surface area contributed by atoms with E-state index in [1.165, 1.54) is 14.2 Å². The fraction of sp³-hybridized carbons (Fsp3) is 0.286. The maximum Gasteiger partial charge on any atom is 0.305 e. The number of rotatable bonds is 8. The van der Waals surface area contributed by atoms with E-state index in [0.717, 1.165) is 45.3 Å². The third kappa shape index (κ3) is 5.53. The summed E-state index contributed by atoms with van der Waals surface area (Å²) in [5, 5.41) is 0. The maximum absolute atomic E-state index is 12.2. The molecule has 0 atom stereocenters. The van der Waals surface area contributed by atoms with Crippen molar-refractivity contribution in [1.29, 1.82) is 0 Å². The Labute approximate surface area is 256 Å². The van der Waals surface area contributed by atoms with Crippen molar-refractivity contribution in [2.45, 2.75) is 53.4 Å². The van der Waals surface area contributed by atoms with E-state index in [9.17, 15) is 14.4 Å². The van der Waals surface area contributed by atoms with Crippen LogP contribution in [0.15, 0.2) is 124 Å².